The van der Waals surface area contributed by atoms with Gasteiger partial charge >= 0.3 is 5.97 Å². The number of sulfonamides is 1. The molecule has 2 aromatic rings. The van der Waals surface area contributed by atoms with Crippen molar-refractivity contribution in [2.75, 3.05) is 4.72 Å². The number of hydrogen-bond donors (Lipinski definition) is 2. The Balaban J connectivity index is 2.55. The van der Waals surface area contributed by atoms with E-state index in [1.807, 2.05) is 20.8 Å². The molecule has 1 aromatic heterocycles. The fourth-order valence-corrected chi connectivity index (χ4v) is 3.92. The Morgan fingerprint density at radius 3 is 2.58 bits per heavy atom. The molecule has 0 spiro atoms. The van der Waals surface area contributed by atoms with E-state index >= 15 is 0 Å². The number of benzene rings is 1. The minimum Gasteiger partial charge on any atom is -0.478 e. The molecule has 1 heterocycles. The van der Waals surface area contributed by atoms with Crippen LogP contribution in [-0.4, -0.2) is 29.3 Å². The fraction of sp³-hybridized carbons (Fsp3) is 0.375. The molecule has 0 aliphatic rings. The topological polar surface area (TPSA) is 101 Å². The number of carbonyl (C=O) groups is 1. The van der Waals surface area contributed by atoms with Crippen LogP contribution in [0.1, 0.15) is 48.3 Å². The van der Waals surface area contributed by atoms with Crippen molar-refractivity contribution in [3.8, 4) is 0 Å². The fourth-order valence-electron chi connectivity index (χ4n) is 2.46. The predicted molar refractivity (Wildman–Crippen MR) is 90.9 cm³/mol. The summed E-state index contributed by atoms with van der Waals surface area (Å²) in [5.74, 6) is -1.24. The maximum atomic E-state index is 12.8. The van der Waals surface area contributed by atoms with Gasteiger partial charge in [0.05, 0.1) is 21.8 Å². The zero-order valence-electron chi connectivity index (χ0n) is 14.1. The number of aromatic carboxylic acids is 1. The third-order valence-corrected chi connectivity index (χ3v) is 5.08. The van der Waals surface area contributed by atoms with Gasteiger partial charge in [-0.25, -0.2) is 13.2 Å². The number of anilines is 1. The number of aryl methyl sites for hydroxylation is 2. The number of carboxylic acids is 1. The quantitative estimate of drug-likeness (QED) is 0.833. The highest BCUT2D eigenvalue weighted by Crippen LogP contribution is 2.27. The van der Waals surface area contributed by atoms with Crippen LogP contribution in [0.4, 0.5) is 5.69 Å². The monoisotopic (exact) mass is 351 g/mol. The van der Waals surface area contributed by atoms with Gasteiger partial charge in [0.15, 0.2) is 0 Å². The van der Waals surface area contributed by atoms with Gasteiger partial charge in [-0.15, -0.1) is 0 Å². The van der Waals surface area contributed by atoms with Crippen LogP contribution in [0.5, 0.6) is 0 Å². The van der Waals surface area contributed by atoms with E-state index in [2.05, 4.69) is 9.82 Å². The van der Waals surface area contributed by atoms with Crippen LogP contribution >= 0.6 is 0 Å². The highest BCUT2D eigenvalue weighted by Gasteiger charge is 2.23. The molecule has 0 fully saturated rings. The smallest absolute Gasteiger partial charge is 0.335 e. The van der Waals surface area contributed by atoms with Gasteiger partial charge in [-0.05, 0) is 30.0 Å². The second-order valence-electron chi connectivity index (χ2n) is 5.83. The van der Waals surface area contributed by atoms with Crippen LogP contribution in [0.15, 0.2) is 29.3 Å². The zero-order valence-corrected chi connectivity index (χ0v) is 14.9. The summed E-state index contributed by atoms with van der Waals surface area (Å²) in [7, 11) is -2.22. The molecule has 2 N–H and O–H groups in total. The molecule has 2 rings (SSSR count). The molecular weight excluding hydrogens is 330 g/mol. The molecule has 8 heteroatoms. The Kier molecular flexibility index (Phi) is 4.98. The summed E-state index contributed by atoms with van der Waals surface area (Å²) >= 11 is 0. The molecule has 0 bridgehead atoms. The number of rotatable bonds is 6. The van der Waals surface area contributed by atoms with E-state index in [9.17, 15) is 13.2 Å². The highest BCUT2D eigenvalue weighted by atomic mass is 32.2. The molecule has 0 saturated carbocycles. The summed E-state index contributed by atoms with van der Waals surface area (Å²) in [5.41, 5.74) is 1.52. The maximum absolute atomic E-state index is 12.8. The van der Waals surface area contributed by atoms with E-state index in [1.165, 1.54) is 16.8 Å². The van der Waals surface area contributed by atoms with Crippen LogP contribution in [0, 0.1) is 0 Å². The van der Waals surface area contributed by atoms with E-state index in [-0.39, 0.29) is 16.4 Å². The van der Waals surface area contributed by atoms with Gasteiger partial charge in [0.2, 0.25) is 0 Å². The number of carboxylic acid groups (broad SMARTS) is 1. The van der Waals surface area contributed by atoms with Gasteiger partial charge in [-0.3, -0.25) is 9.40 Å². The van der Waals surface area contributed by atoms with Crippen molar-refractivity contribution in [1.82, 2.24) is 9.78 Å². The van der Waals surface area contributed by atoms with Gasteiger partial charge in [0.25, 0.3) is 10.0 Å². The van der Waals surface area contributed by atoms with Crippen molar-refractivity contribution in [1.29, 1.82) is 0 Å². The Hall–Kier alpha value is -2.35. The van der Waals surface area contributed by atoms with Crippen LogP contribution in [0.2, 0.25) is 0 Å². The average Bonchev–Trinajstić information content (AvgIpc) is 2.85. The first-order valence-corrected chi connectivity index (χ1v) is 9.06. The number of hydrogen-bond acceptors (Lipinski definition) is 4. The predicted octanol–water partition coefficient (Wildman–Crippen LogP) is 2.60. The molecule has 130 valence electrons. The third kappa shape index (κ3) is 3.59. The second-order valence-corrected chi connectivity index (χ2v) is 7.49. The van der Waals surface area contributed by atoms with E-state index < -0.39 is 16.0 Å². The third-order valence-electron chi connectivity index (χ3n) is 3.66. The molecule has 0 unspecified atom stereocenters. The van der Waals surface area contributed by atoms with Crippen molar-refractivity contribution < 1.29 is 18.3 Å². The van der Waals surface area contributed by atoms with Crippen LogP contribution in [0.25, 0.3) is 0 Å². The molecular formula is C16H21N3O4S. The lowest BCUT2D eigenvalue weighted by Crippen LogP contribution is -2.17. The first-order valence-electron chi connectivity index (χ1n) is 7.58. The Labute approximate surface area is 141 Å². The molecule has 0 radical (unpaired) electrons. The molecule has 0 aliphatic carbocycles. The Morgan fingerprint density at radius 1 is 1.38 bits per heavy atom. The summed E-state index contributed by atoms with van der Waals surface area (Å²) in [4.78, 5) is 11.2. The molecule has 1 aromatic carbocycles. The lowest BCUT2D eigenvalue weighted by atomic mass is 10.0. The lowest BCUT2D eigenvalue weighted by Gasteiger charge is -2.15. The van der Waals surface area contributed by atoms with Crippen molar-refractivity contribution in [2.45, 2.75) is 38.0 Å². The summed E-state index contributed by atoms with van der Waals surface area (Å²) in [6.07, 6.45) is 2.16. The van der Waals surface area contributed by atoms with E-state index in [4.69, 9.17) is 5.11 Å². The van der Waals surface area contributed by atoms with Crippen molar-refractivity contribution in [3.63, 3.8) is 0 Å². The number of nitrogens with one attached hydrogen (secondary N) is 1. The SMILES string of the molecule is CCc1nn(C)cc1NS(=O)(=O)c1cc(C(=O)O)ccc1C(C)C. The first kappa shape index (κ1) is 18.0. The van der Waals surface area contributed by atoms with Gasteiger partial charge in [-0.1, -0.05) is 26.8 Å². The highest BCUT2D eigenvalue weighted by molar-refractivity contribution is 7.92. The summed E-state index contributed by atoms with van der Waals surface area (Å²) in [6, 6.07) is 4.16. The van der Waals surface area contributed by atoms with E-state index in [1.54, 1.807) is 19.3 Å². The molecule has 0 atom stereocenters. The standard InChI is InChI=1S/C16H21N3O4S/c1-5-13-14(9-19(4)17-13)18-24(22,23)15-8-11(16(20)21)6-7-12(15)10(2)3/h6-10,18H,5H2,1-4H3,(H,20,21). The zero-order chi connectivity index (χ0) is 18.1. The summed E-state index contributed by atoms with van der Waals surface area (Å²) in [5, 5.41) is 13.4. The first-order chi connectivity index (χ1) is 11.2. The molecule has 7 nitrogen and oxygen atoms in total. The largest absolute Gasteiger partial charge is 0.478 e. The van der Waals surface area contributed by atoms with Gasteiger partial charge in [0, 0.05) is 13.2 Å². The van der Waals surface area contributed by atoms with Crippen LogP contribution in [-0.2, 0) is 23.5 Å². The molecule has 0 aliphatic heterocycles. The number of aromatic nitrogens is 2. The van der Waals surface area contributed by atoms with Crippen molar-refractivity contribution >= 4 is 21.7 Å². The minimum atomic E-state index is -3.93. The lowest BCUT2D eigenvalue weighted by molar-refractivity contribution is 0.0696. The Bertz CT molecular complexity index is 869. The Morgan fingerprint density at radius 2 is 2.04 bits per heavy atom. The molecule has 24 heavy (non-hydrogen) atoms. The van der Waals surface area contributed by atoms with Crippen molar-refractivity contribution in [2.24, 2.45) is 7.05 Å². The van der Waals surface area contributed by atoms with Gasteiger partial charge in [-0.2, -0.15) is 5.10 Å². The van der Waals surface area contributed by atoms with Gasteiger partial charge < -0.3 is 5.11 Å². The van der Waals surface area contributed by atoms with E-state index in [0.29, 0.717) is 23.4 Å². The summed E-state index contributed by atoms with van der Waals surface area (Å²) < 4.78 is 29.7. The molecule has 0 saturated heterocycles. The number of nitrogens with zero attached hydrogens (tertiary/aromatic N) is 2. The normalized spacial score (nSPS) is 11.7. The van der Waals surface area contributed by atoms with E-state index in [0.717, 1.165) is 0 Å². The second kappa shape index (κ2) is 6.64. The van der Waals surface area contributed by atoms with Crippen molar-refractivity contribution in [3.05, 3.63) is 41.2 Å². The molecule has 0 amide bonds. The van der Waals surface area contributed by atoms with Crippen LogP contribution < -0.4 is 4.72 Å². The maximum Gasteiger partial charge on any atom is 0.335 e. The summed E-state index contributed by atoms with van der Waals surface area (Å²) in [6.45, 7) is 5.59. The van der Waals surface area contributed by atoms with Crippen LogP contribution in [0.3, 0.4) is 0 Å². The van der Waals surface area contributed by atoms with Gasteiger partial charge in [0.1, 0.15) is 0 Å². The minimum absolute atomic E-state index is 0.0247. The average molecular weight is 351 g/mol.